The highest BCUT2D eigenvalue weighted by molar-refractivity contribution is 5.78. The zero-order valence-corrected chi connectivity index (χ0v) is 20.0. The van der Waals surface area contributed by atoms with Gasteiger partial charge in [-0.2, -0.15) is 0 Å². The van der Waals surface area contributed by atoms with E-state index in [-0.39, 0.29) is 11.5 Å². The summed E-state index contributed by atoms with van der Waals surface area (Å²) in [6, 6.07) is 22.8. The van der Waals surface area contributed by atoms with Gasteiger partial charge >= 0.3 is 12.2 Å². The molecule has 0 aliphatic heterocycles. The van der Waals surface area contributed by atoms with Gasteiger partial charge in [-0.3, -0.25) is 0 Å². The minimum atomic E-state index is -0.619. The van der Waals surface area contributed by atoms with Gasteiger partial charge in [0, 0.05) is 25.2 Å². The number of amides is 2. The maximum absolute atomic E-state index is 11.7. The number of carbonyl (C=O) groups excluding carboxylic acids is 2. The molecule has 188 valence electrons. The van der Waals surface area contributed by atoms with E-state index in [0.29, 0.717) is 45.3 Å². The third-order valence-corrected chi connectivity index (χ3v) is 5.31. The van der Waals surface area contributed by atoms with Crippen molar-refractivity contribution in [1.29, 1.82) is 0 Å². The topological polar surface area (TPSA) is 126 Å². The molecule has 37 heavy (non-hydrogen) atoms. The Morgan fingerprint density at radius 3 is 1.32 bits per heavy atom. The summed E-state index contributed by atoms with van der Waals surface area (Å²) >= 11 is 0. The first-order valence-electron chi connectivity index (χ1n) is 11.2. The van der Waals surface area contributed by atoms with Gasteiger partial charge in [-0.1, -0.05) is 24.3 Å². The minimum absolute atomic E-state index is 0.102. The lowest BCUT2D eigenvalue weighted by Gasteiger charge is -2.17. The van der Waals surface area contributed by atoms with Crippen LogP contribution in [0.15, 0.2) is 84.9 Å². The number of phenols is 2. The van der Waals surface area contributed by atoms with Crippen LogP contribution in [-0.4, -0.2) is 36.5 Å². The predicted molar refractivity (Wildman–Crippen MR) is 137 cm³/mol. The molecule has 0 atom stereocenters. The van der Waals surface area contributed by atoms with Crippen LogP contribution in [0, 0.1) is 0 Å². The Morgan fingerprint density at radius 1 is 0.595 bits per heavy atom. The zero-order valence-electron chi connectivity index (χ0n) is 20.0. The van der Waals surface area contributed by atoms with Gasteiger partial charge in [-0.15, -0.1) is 0 Å². The first kappa shape index (κ1) is 24.9. The van der Waals surface area contributed by atoms with Crippen molar-refractivity contribution in [3.8, 4) is 56.8 Å². The molecule has 0 radical (unpaired) electrons. The molecule has 0 unspecified atom stereocenters. The first-order valence-corrected chi connectivity index (χ1v) is 11.2. The molecule has 4 aromatic rings. The summed E-state index contributed by atoms with van der Waals surface area (Å²) in [6.45, 7) is 0. The van der Waals surface area contributed by atoms with Gasteiger partial charge in [0.25, 0.3) is 0 Å². The van der Waals surface area contributed by atoms with E-state index in [1.807, 2.05) is 0 Å². The van der Waals surface area contributed by atoms with Crippen molar-refractivity contribution >= 4 is 12.2 Å². The first-order chi connectivity index (χ1) is 17.9. The number of phenolic OH excluding ortho intramolecular Hbond substituents is 2. The highest BCUT2D eigenvalue weighted by Crippen LogP contribution is 2.41. The van der Waals surface area contributed by atoms with Crippen LogP contribution in [0.2, 0.25) is 0 Å². The summed E-state index contributed by atoms with van der Waals surface area (Å²) < 4.78 is 16.9. The maximum Gasteiger partial charge on any atom is 0.412 e. The monoisotopic (exact) mass is 500 g/mol. The summed E-state index contributed by atoms with van der Waals surface area (Å²) in [5.74, 6) is 1.67. The zero-order chi connectivity index (χ0) is 26.4. The molecule has 4 N–H and O–H groups in total. The lowest BCUT2D eigenvalue weighted by atomic mass is 10.0. The molecule has 0 fully saturated rings. The normalized spacial score (nSPS) is 10.3. The molecule has 0 aliphatic carbocycles. The smallest absolute Gasteiger partial charge is 0.412 e. The number of benzene rings is 4. The van der Waals surface area contributed by atoms with E-state index < -0.39 is 12.2 Å². The fourth-order valence-electron chi connectivity index (χ4n) is 3.49. The number of ether oxygens (including phenoxy) is 3. The van der Waals surface area contributed by atoms with Crippen LogP contribution in [0.1, 0.15) is 0 Å². The molecular formula is C28H24N2O7. The Balaban J connectivity index is 1.79. The maximum atomic E-state index is 11.7. The SMILES string of the molecule is CNC(=O)Oc1ccc(Oc2ccc(OC(=O)NC)cc2-c2ccc(O)cc2)c(-c2ccc(O)cc2)c1. The number of nitrogens with one attached hydrogen (secondary N) is 2. The van der Waals surface area contributed by atoms with E-state index in [1.54, 1.807) is 60.7 Å². The second kappa shape index (κ2) is 11.0. The van der Waals surface area contributed by atoms with Gasteiger partial charge < -0.3 is 35.1 Å². The van der Waals surface area contributed by atoms with Gasteiger partial charge in [0.1, 0.15) is 34.5 Å². The molecule has 0 saturated carbocycles. The van der Waals surface area contributed by atoms with Crippen LogP contribution < -0.4 is 24.8 Å². The fourth-order valence-corrected chi connectivity index (χ4v) is 3.49. The average molecular weight is 501 g/mol. The molecule has 9 nitrogen and oxygen atoms in total. The molecule has 0 saturated heterocycles. The van der Waals surface area contributed by atoms with E-state index in [2.05, 4.69) is 10.6 Å². The van der Waals surface area contributed by atoms with E-state index in [9.17, 15) is 19.8 Å². The van der Waals surface area contributed by atoms with E-state index in [0.717, 1.165) is 0 Å². The number of hydrogen-bond acceptors (Lipinski definition) is 7. The molecule has 0 bridgehead atoms. The Kier molecular flexibility index (Phi) is 7.44. The Labute approximate surface area is 212 Å². The second-order valence-corrected chi connectivity index (χ2v) is 7.79. The summed E-state index contributed by atoms with van der Waals surface area (Å²) in [5.41, 5.74) is 2.62. The fraction of sp³-hybridized carbons (Fsp3) is 0.0714. The number of carbonyl (C=O) groups is 2. The molecule has 9 heteroatoms. The van der Waals surface area contributed by atoms with Crippen LogP contribution in [0.25, 0.3) is 22.3 Å². The minimum Gasteiger partial charge on any atom is -0.508 e. The Bertz CT molecular complexity index is 1310. The van der Waals surface area contributed by atoms with E-state index in [1.165, 1.54) is 38.4 Å². The van der Waals surface area contributed by atoms with Crippen LogP contribution >= 0.6 is 0 Å². The molecular weight excluding hydrogens is 476 g/mol. The lowest BCUT2D eigenvalue weighted by molar-refractivity contribution is 0.202. The van der Waals surface area contributed by atoms with Gasteiger partial charge in [-0.05, 0) is 71.8 Å². The molecule has 4 aromatic carbocycles. The van der Waals surface area contributed by atoms with Crippen molar-refractivity contribution in [3.63, 3.8) is 0 Å². The molecule has 0 heterocycles. The van der Waals surface area contributed by atoms with Crippen LogP contribution in [-0.2, 0) is 0 Å². The van der Waals surface area contributed by atoms with E-state index in [4.69, 9.17) is 14.2 Å². The standard InChI is InChI=1S/C28H24N2O7/c1-29-27(33)35-21-11-13-25(23(15-21)17-3-7-19(31)8-4-17)37-26-14-12-22(36-28(34)30-2)16-24(26)18-5-9-20(32)10-6-18/h3-16,31-32H,1-2H3,(H,29,33)(H,30,34). The largest absolute Gasteiger partial charge is 0.508 e. The third-order valence-electron chi connectivity index (χ3n) is 5.31. The number of aromatic hydroxyl groups is 2. The lowest BCUT2D eigenvalue weighted by Crippen LogP contribution is -2.22. The third kappa shape index (κ3) is 6.09. The van der Waals surface area contributed by atoms with Crippen LogP contribution in [0.5, 0.6) is 34.5 Å². The molecule has 0 aliphatic rings. The van der Waals surface area contributed by atoms with Crippen molar-refractivity contribution in [2.45, 2.75) is 0 Å². The quantitative estimate of drug-likeness (QED) is 0.269. The van der Waals surface area contributed by atoms with E-state index >= 15 is 0 Å². The summed E-state index contributed by atoms with van der Waals surface area (Å²) in [5, 5.41) is 24.3. The summed E-state index contributed by atoms with van der Waals surface area (Å²) in [4.78, 5) is 23.5. The molecule has 0 aromatic heterocycles. The van der Waals surface area contributed by atoms with Crippen molar-refractivity contribution in [2.24, 2.45) is 0 Å². The van der Waals surface area contributed by atoms with Crippen LogP contribution in [0.4, 0.5) is 9.59 Å². The number of rotatable bonds is 6. The Morgan fingerprint density at radius 2 is 0.973 bits per heavy atom. The number of hydrogen-bond donors (Lipinski definition) is 4. The van der Waals surface area contributed by atoms with Gasteiger partial charge in [-0.25, -0.2) is 9.59 Å². The summed E-state index contributed by atoms with van der Waals surface area (Å²) in [6.07, 6.45) is -1.24. The van der Waals surface area contributed by atoms with Crippen molar-refractivity contribution in [1.82, 2.24) is 10.6 Å². The van der Waals surface area contributed by atoms with Gasteiger partial charge in [0.2, 0.25) is 0 Å². The van der Waals surface area contributed by atoms with Gasteiger partial charge in [0.05, 0.1) is 0 Å². The van der Waals surface area contributed by atoms with Crippen LogP contribution in [0.3, 0.4) is 0 Å². The van der Waals surface area contributed by atoms with Crippen molar-refractivity contribution in [2.75, 3.05) is 14.1 Å². The molecule has 4 rings (SSSR count). The molecule has 0 spiro atoms. The second-order valence-electron chi connectivity index (χ2n) is 7.79. The summed E-state index contributed by atoms with van der Waals surface area (Å²) in [7, 11) is 2.92. The Hall–Kier alpha value is -5.18. The predicted octanol–water partition coefficient (Wildman–Crippen LogP) is 5.66. The highest BCUT2D eigenvalue weighted by atomic mass is 16.6. The van der Waals surface area contributed by atoms with Gasteiger partial charge in [0.15, 0.2) is 0 Å². The van der Waals surface area contributed by atoms with Crippen molar-refractivity contribution < 1.29 is 34.0 Å². The van der Waals surface area contributed by atoms with Crippen molar-refractivity contribution in [3.05, 3.63) is 84.9 Å². The highest BCUT2D eigenvalue weighted by Gasteiger charge is 2.16. The average Bonchev–Trinajstić information content (AvgIpc) is 2.91. The molecule has 2 amide bonds.